The number of carbonyl (C=O) groups is 1. The molecule has 3 heteroatoms. The molecule has 2 saturated carbocycles. The van der Waals surface area contributed by atoms with Crippen molar-refractivity contribution >= 4 is 21.8 Å². The lowest BCUT2D eigenvalue weighted by Gasteiger charge is -2.13. The van der Waals surface area contributed by atoms with Crippen LogP contribution >= 0.6 is 15.9 Å². The fourth-order valence-corrected chi connectivity index (χ4v) is 3.14. The minimum atomic E-state index is 0.318. The van der Waals surface area contributed by atoms with Crippen LogP contribution in [0.15, 0.2) is 0 Å². The number of hydrogen-bond acceptors (Lipinski definition) is 1. The zero-order valence-corrected chi connectivity index (χ0v) is 11.6. The predicted molar refractivity (Wildman–Crippen MR) is 69.5 cm³/mol. The molecule has 0 aromatic heterocycles. The summed E-state index contributed by atoms with van der Waals surface area (Å²) >= 11 is 3.47. The van der Waals surface area contributed by atoms with E-state index < -0.39 is 0 Å². The standard InChI is InChI=1S/C13H22BrNO/c1-9(8-14)3-2-4-15-13(16)12-6-10-5-11(10)7-12/h9-12H,2-8H2,1H3,(H,15,16). The number of rotatable bonds is 6. The molecule has 0 aromatic carbocycles. The van der Waals surface area contributed by atoms with E-state index in [2.05, 4.69) is 28.2 Å². The van der Waals surface area contributed by atoms with Crippen molar-refractivity contribution in [3.8, 4) is 0 Å². The van der Waals surface area contributed by atoms with Gasteiger partial charge >= 0.3 is 0 Å². The highest BCUT2D eigenvalue weighted by Crippen LogP contribution is 2.54. The molecule has 1 amide bonds. The Morgan fingerprint density at radius 1 is 1.38 bits per heavy atom. The van der Waals surface area contributed by atoms with Crippen molar-refractivity contribution in [2.75, 3.05) is 11.9 Å². The molecule has 2 aliphatic rings. The van der Waals surface area contributed by atoms with Crippen molar-refractivity contribution in [2.45, 2.75) is 39.0 Å². The van der Waals surface area contributed by atoms with E-state index in [1.807, 2.05) is 0 Å². The van der Waals surface area contributed by atoms with Crippen molar-refractivity contribution in [2.24, 2.45) is 23.7 Å². The Hall–Kier alpha value is -0.0500. The Morgan fingerprint density at radius 2 is 2.06 bits per heavy atom. The molecule has 2 fully saturated rings. The molecular formula is C13H22BrNO. The Kier molecular flexibility index (Phi) is 4.28. The Balaban J connectivity index is 1.54. The van der Waals surface area contributed by atoms with Crippen LogP contribution in [0.5, 0.6) is 0 Å². The average Bonchev–Trinajstić information content (AvgIpc) is 2.91. The van der Waals surface area contributed by atoms with Gasteiger partial charge < -0.3 is 5.32 Å². The van der Waals surface area contributed by atoms with Gasteiger partial charge in [0.1, 0.15) is 0 Å². The lowest BCUT2D eigenvalue weighted by molar-refractivity contribution is -0.125. The second kappa shape index (κ2) is 5.52. The zero-order valence-electron chi connectivity index (χ0n) is 10.0. The predicted octanol–water partition coefficient (Wildman–Crippen LogP) is 2.96. The lowest BCUT2D eigenvalue weighted by atomic mass is 10.0. The Bertz CT molecular complexity index is 246. The molecule has 16 heavy (non-hydrogen) atoms. The maximum absolute atomic E-state index is 11.8. The number of halogens is 1. The van der Waals surface area contributed by atoms with Gasteiger partial charge in [-0.05, 0) is 49.9 Å². The molecular weight excluding hydrogens is 266 g/mol. The molecule has 2 nitrogen and oxygen atoms in total. The molecule has 2 rings (SSSR count). The van der Waals surface area contributed by atoms with Crippen molar-refractivity contribution in [3.63, 3.8) is 0 Å². The summed E-state index contributed by atoms with van der Waals surface area (Å²) in [5, 5.41) is 4.15. The van der Waals surface area contributed by atoms with E-state index in [1.165, 1.54) is 12.8 Å². The van der Waals surface area contributed by atoms with Gasteiger partial charge in [0.25, 0.3) is 0 Å². The van der Waals surface area contributed by atoms with Crippen LogP contribution < -0.4 is 5.32 Å². The van der Waals surface area contributed by atoms with E-state index in [0.717, 1.165) is 48.9 Å². The molecule has 0 saturated heterocycles. The van der Waals surface area contributed by atoms with Crippen molar-refractivity contribution in [1.82, 2.24) is 5.32 Å². The van der Waals surface area contributed by atoms with Crippen LogP contribution in [0.4, 0.5) is 0 Å². The summed E-state index contributed by atoms with van der Waals surface area (Å²) in [6, 6.07) is 0. The van der Waals surface area contributed by atoms with E-state index in [4.69, 9.17) is 0 Å². The molecule has 92 valence electrons. The number of carbonyl (C=O) groups excluding carboxylic acids is 1. The second-order valence-electron chi connectivity index (χ2n) is 5.62. The van der Waals surface area contributed by atoms with Crippen LogP contribution in [-0.4, -0.2) is 17.8 Å². The molecule has 0 bridgehead atoms. The smallest absolute Gasteiger partial charge is 0.223 e. The van der Waals surface area contributed by atoms with Gasteiger partial charge in [-0.2, -0.15) is 0 Å². The zero-order chi connectivity index (χ0) is 11.5. The normalized spacial score (nSPS) is 33.2. The van der Waals surface area contributed by atoms with Crippen molar-refractivity contribution in [1.29, 1.82) is 0 Å². The van der Waals surface area contributed by atoms with Crippen molar-refractivity contribution < 1.29 is 4.79 Å². The van der Waals surface area contributed by atoms with Crippen LogP contribution in [0.25, 0.3) is 0 Å². The van der Waals surface area contributed by atoms with E-state index in [0.29, 0.717) is 11.8 Å². The van der Waals surface area contributed by atoms with E-state index in [9.17, 15) is 4.79 Å². The van der Waals surface area contributed by atoms with E-state index in [1.54, 1.807) is 0 Å². The third kappa shape index (κ3) is 3.22. The number of hydrogen-bond donors (Lipinski definition) is 1. The van der Waals surface area contributed by atoms with Gasteiger partial charge in [0, 0.05) is 17.8 Å². The van der Waals surface area contributed by atoms with Gasteiger partial charge in [0.2, 0.25) is 5.91 Å². The summed E-state index contributed by atoms with van der Waals surface area (Å²) < 4.78 is 0. The number of amides is 1. The van der Waals surface area contributed by atoms with Crippen LogP contribution in [0.1, 0.15) is 39.0 Å². The highest BCUT2D eigenvalue weighted by Gasteiger charge is 2.47. The highest BCUT2D eigenvalue weighted by atomic mass is 79.9. The summed E-state index contributed by atoms with van der Waals surface area (Å²) in [7, 11) is 0. The van der Waals surface area contributed by atoms with Gasteiger partial charge in [0.05, 0.1) is 0 Å². The van der Waals surface area contributed by atoms with Crippen LogP contribution in [0.3, 0.4) is 0 Å². The lowest BCUT2D eigenvalue weighted by Crippen LogP contribution is -2.31. The molecule has 2 aliphatic carbocycles. The Morgan fingerprint density at radius 3 is 2.69 bits per heavy atom. The number of alkyl halides is 1. The fraction of sp³-hybridized carbons (Fsp3) is 0.923. The average molecular weight is 288 g/mol. The molecule has 0 aromatic rings. The molecule has 0 spiro atoms. The quantitative estimate of drug-likeness (QED) is 0.591. The minimum Gasteiger partial charge on any atom is -0.356 e. The monoisotopic (exact) mass is 287 g/mol. The van der Waals surface area contributed by atoms with Crippen LogP contribution in [0, 0.1) is 23.7 Å². The Labute approximate surface area is 107 Å². The number of fused-ring (bicyclic) bond motifs is 1. The molecule has 3 atom stereocenters. The maximum atomic E-state index is 11.8. The van der Waals surface area contributed by atoms with Gasteiger partial charge in [-0.3, -0.25) is 4.79 Å². The second-order valence-corrected chi connectivity index (χ2v) is 6.26. The largest absolute Gasteiger partial charge is 0.356 e. The first kappa shape index (κ1) is 12.4. The van der Waals surface area contributed by atoms with Gasteiger partial charge in [-0.25, -0.2) is 0 Å². The topological polar surface area (TPSA) is 29.1 Å². The third-order valence-corrected chi connectivity index (χ3v) is 5.16. The third-order valence-electron chi connectivity index (χ3n) is 4.05. The SMILES string of the molecule is CC(CBr)CCCNC(=O)C1CC2CC2C1. The van der Waals surface area contributed by atoms with Gasteiger partial charge in [0.15, 0.2) is 0 Å². The molecule has 1 N–H and O–H groups in total. The van der Waals surface area contributed by atoms with Crippen LogP contribution in [-0.2, 0) is 4.79 Å². The maximum Gasteiger partial charge on any atom is 0.223 e. The van der Waals surface area contributed by atoms with E-state index in [-0.39, 0.29) is 0 Å². The molecule has 0 aliphatic heterocycles. The number of nitrogens with one attached hydrogen (secondary N) is 1. The first-order chi connectivity index (χ1) is 7.70. The van der Waals surface area contributed by atoms with E-state index >= 15 is 0 Å². The first-order valence-electron chi connectivity index (χ1n) is 6.54. The molecule has 0 radical (unpaired) electrons. The molecule has 0 heterocycles. The van der Waals surface area contributed by atoms with Crippen molar-refractivity contribution in [3.05, 3.63) is 0 Å². The minimum absolute atomic E-state index is 0.318. The summed E-state index contributed by atoms with van der Waals surface area (Å²) in [6.07, 6.45) is 6.02. The summed E-state index contributed by atoms with van der Waals surface area (Å²) in [4.78, 5) is 11.8. The summed E-state index contributed by atoms with van der Waals surface area (Å²) in [6.45, 7) is 3.10. The van der Waals surface area contributed by atoms with Crippen LogP contribution in [0.2, 0.25) is 0 Å². The molecule has 3 unspecified atom stereocenters. The van der Waals surface area contributed by atoms with Gasteiger partial charge in [-0.15, -0.1) is 0 Å². The van der Waals surface area contributed by atoms with Gasteiger partial charge in [-0.1, -0.05) is 22.9 Å². The fourth-order valence-electron chi connectivity index (χ4n) is 2.81. The summed E-state index contributed by atoms with van der Waals surface area (Å²) in [5.74, 6) is 3.19. The first-order valence-corrected chi connectivity index (χ1v) is 7.66. The summed E-state index contributed by atoms with van der Waals surface area (Å²) in [5.41, 5.74) is 0. The highest BCUT2D eigenvalue weighted by molar-refractivity contribution is 9.09.